The number of likely N-dealkylation sites (N-methyl/N-ethyl adjacent to an activating group) is 1. The molecule has 0 aromatic heterocycles. The molecule has 24 heavy (non-hydrogen) atoms. The molecule has 1 aliphatic carbocycles. The molecule has 2 aromatic carbocycles. The number of nitriles is 1. The molecule has 4 nitrogen and oxygen atoms in total. The summed E-state index contributed by atoms with van der Waals surface area (Å²) in [6.07, 6.45) is 1.38. The molecule has 1 amide bonds. The summed E-state index contributed by atoms with van der Waals surface area (Å²) in [5.74, 6) is 0.552. The molecular weight excluding hydrogens is 300 g/mol. The van der Waals surface area contributed by atoms with Crippen molar-refractivity contribution in [3.8, 4) is 11.8 Å². The first-order valence-electron chi connectivity index (χ1n) is 8.11. The average molecular weight is 320 g/mol. The van der Waals surface area contributed by atoms with Crippen molar-refractivity contribution in [2.24, 2.45) is 0 Å². The highest BCUT2D eigenvalue weighted by Crippen LogP contribution is 2.35. The number of ether oxygens (including phenoxy) is 1. The Labute approximate surface area is 142 Å². The lowest BCUT2D eigenvalue weighted by molar-refractivity contribution is -0.138. The quantitative estimate of drug-likeness (QED) is 0.867. The van der Waals surface area contributed by atoms with Crippen LogP contribution in [0.5, 0.6) is 5.75 Å². The molecule has 1 aliphatic rings. The van der Waals surface area contributed by atoms with Gasteiger partial charge in [-0.25, -0.2) is 0 Å². The van der Waals surface area contributed by atoms with Crippen LogP contribution in [0.4, 0.5) is 0 Å². The van der Waals surface area contributed by atoms with E-state index in [9.17, 15) is 4.79 Å². The Morgan fingerprint density at radius 2 is 1.96 bits per heavy atom. The first-order chi connectivity index (χ1) is 11.6. The van der Waals surface area contributed by atoms with Gasteiger partial charge in [0.2, 0.25) is 0 Å². The molecule has 0 bridgehead atoms. The summed E-state index contributed by atoms with van der Waals surface area (Å²) in [6.45, 7) is 1.76. The monoisotopic (exact) mass is 320 g/mol. The minimum absolute atomic E-state index is 0.0407. The van der Waals surface area contributed by atoms with E-state index >= 15 is 0 Å². The topological polar surface area (TPSA) is 53.3 Å². The molecular formula is C20H20N2O2. The number of nitrogens with zero attached hydrogens (tertiary/aromatic N) is 2. The zero-order valence-corrected chi connectivity index (χ0v) is 13.9. The number of amides is 1. The molecule has 0 spiro atoms. The Bertz CT molecular complexity index is 777. The zero-order valence-electron chi connectivity index (χ0n) is 13.9. The van der Waals surface area contributed by atoms with Crippen LogP contribution in [0.1, 0.15) is 36.1 Å². The number of hydrogen-bond acceptors (Lipinski definition) is 3. The third-order valence-corrected chi connectivity index (χ3v) is 4.56. The molecule has 3 rings (SSSR count). The summed E-state index contributed by atoms with van der Waals surface area (Å²) in [6, 6.07) is 17.3. The van der Waals surface area contributed by atoms with Gasteiger partial charge in [0.25, 0.3) is 5.91 Å². The highest BCUT2D eigenvalue weighted by atomic mass is 16.5. The number of hydrogen-bond donors (Lipinski definition) is 0. The van der Waals surface area contributed by atoms with E-state index in [1.807, 2.05) is 19.2 Å². The SMILES string of the molecule is CC(Oc1ccc(C#N)cc1)C(=O)N(C)C1CCc2ccccc21. The summed E-state index contributed by atoms with van der Waals surface area (Å²) in [7, 11) is 1.84. The molecule has 0 radical (unpaired) electrons. The van der Waals surface area contributed by atoms with Crippen LogP contribution in [0, 0.1) is 11.3 Å². The van der Waals surface area contributed by atoms with Crippen LogP contribution in [0.2, 0.25) is 0 Å². The van der Waals surface area contributed by atoms with Crippen molar-refractivity contribution in [3.63, 3.8) is 0 Å². The van der Waals surface area contributed by atoms with Gasteiger partial charge in [-0.15, -0.1) is 0 Å². The minimum Gasteiger partial charge on any atom is -0.481 e. The fraction of sp³-hybridized carbons (Fsp3) is 0.300. The second-order valence-electron chi connectivity index (χ2n) is 6.10. The molecule has 0 fully saturated rings. The molecule has 122 valence electrons. The Balaban J connectivity index is 1.68. The third kappa shape index (κ3) is 3.11. The van der Waals surface area contributed by atoms with Gasteiger partial charge in [-0.1, -0.05) is 24.3 Å². The maximum absolute atomic E-state index is 12.7. The summed E-state index contributed by atoms with van der Waals surface area (Å²) in [4.78, 5) is 14.5. The lowest BCUT2D eigenvalue weighted by Crippen LogP contribution is -2.39. The second kappa shape index (κ2) is 6.76. The van der Waals surface area contributed by atoms with Gasteiger partial charge in [0, 0.05) is 7.05 Å². The predicted octanol–water partition coefficient (Wildman–Crippen LogP) is 3.47. The Hall–Kier alpha value is -2.80. The molecule has 0 N–H and O–H groups in total. The lowest BCUT2D eigenvalue weighted by atomic mass is 10.1. The zero-order chi connectivity index (χ0) is 17.1. The van der Waals surface area contributed by atoms with Crippen LogP contribution in [0.25, 0.3) is 0 Å². The highest BCUT2D eigenvalue weighted by molar-refractivity contribution is 5.81. The van der Waals surface area contributed by atoms with Crippen molar-refractivity contribution in [1.82, 2.24) is 4.90 Å². The predicted molar refractivity (Wildman–Crippen MR) is 91.5 cm³/mol. The number of aryl methyl sites for hydroxylation is 1. The Morgan fingerprint density at radius 1 is 1.25 bits per heavy atom. The first-order valence-corrected chi connectivity index (χ1v) is 8.11. The van der Waals surface area contributed by atoms with E-state index in [0.29, 0.717) is 11.3 Å². The van der Waals surface area contributed by atoms with E-state index < -0.39 is 6.10 Å². The average Bonchev–Trinajstić information content (AvgIpc) is 3.05. The van der Waals surface area contributed by atoms with E-state index in [4.69, 9.17) is 10.00 Å². The van der Waals surface area contributed by atoms with Crippen molar-refractivity contribution in [2.75, 3.05) is 7.05 Å². The van der Waals surface area contributed by atoms with Crippen LogP contribution in [0.15, 0.2) is 48.5 Å². The van der Waals surface area contributed by atoms with Gasteiger partial charge in [0.05, 0.1) is 17.7 Å². The Kier molecular flexibility index (Phi) is 4.52. The molecule has 2 atom stereocenters. The van der Waals surface area contributed by atoms with Gasteiger partial charge in [0.15, 0.2) is 6.10 Å². The van der Waals surface area contributed by atoms with E-state index in [-0.39, 0.29) is 11.9 Å². The van der Waals surface area contributed by atoms with Crippen LogP contribution in [-0.4, -0.2) is 24.0 Å². The van der Waals surface area contributed by atoms with Crippen LogP contribution >= 0.6 is 0 Å². The molecule has 0 aliphatic heterocycles. The molecule has 0 saturated heterocycles. The number of carbonyl (C=O) groups is 1. The normalized spacial score (nSPS) is 16.8. The van der Waals surface area contributed by atoms with Crippen LogP contribution < -0.4 is 4.74 Å². The standard InChI is InChI=1S/C20H20N2O2/c1-14(24-17-10-7-15(13-21)8-11-17)20(23)22(2)19-12-9-16-5-3-4-6-18(16)19/h3-8,10-11,14,19H,9,12H2,1-2H3. The van der Waals surface area contributed by atoms with Gasteiger partial charge in [-0.05, 0) is 55.2 Å². The van der Waals surface area contributed by atoms with Gasteiger partial charge < -0.3 is 9.64 Å². The fourth-order valence-electron chi connectivity index (χ4n) is 3.24. The van der Waals surface area contributed by atoms with E-state index in [1.165, 1.54) is 11.1 Å². The summed E-state index contributed by atoms with van der Waals surface area (Å²) in [5, 5.41) is 8.82. The summed E-state index contributed by atoms with van der Waals surface area (Å²) < 4.78 is 5.74. The summed E-state index contributed by atoms with van der Waals surface area (Å²) in [5.41, 5.74) is 3.13. The third-order valence-electron chi connectivity index (χ3n) is 4.56. The van der Waals surface area contributed by atoms with Crippen molar-refractivity contribution in [3.05, 3.63) is 65.2 Å². The lowest BCUT2D eigenvalue weighted by Gasteiger charge is -2.28. The second-order valence-corrected chi connectivity index (χ2v) is 6.10. The van der Waals surface area contributed by atoms with Crippen molar-refractivity contribution in [1.29, 1.82) is 5.26 Å². The smallest absolute Gasteiger partial charge is 0.263 e. The van der Waals surface area contributed by atoms with Crippen LogP contribution in [0.3, 0.4) is 0 Å². The van der Waals surface area contributed by atoms with E-state index in [2.05, 4.69) is 18.2 Å². The molecule has 2 aromatic rings. The molecule has 0 heterocycles. The molecule has 2 unspecified atom stereocenters. The number of rotatable bonds is 4. The molecule has 0 saturated carbocycles. The summed E-state index contributed by atoms with van der Waals surface area (Å²) >= 11 is 0. The van der Waals surface area contributed by atoms with Crippen molar-refractivity contribution in [2.45, 2.75) is 31.9 Å². The van der Waals surface area contributed by atoms with E-state index in [0.717, 1.165) is 12.8 Å². The van der Waals surface area contributed by atoms with Crippen molar-refractivity contribution >= 4 is 5.91 Å². The van der Waals surface area contributed by atoms with Gasteiger partial charge in [-0.2, -0.15) is 5.26 Å². The highest BCUT2D eigenvalue weighted by Gasteiger charge is 2.31. The van der Waals surface area contributed by atoms with Crippen molar-refractivity contribution < 1.29 is 9.53 Å². The van der Waals surface area contributed by atoms with E-state index in [1.54, 1.807) is 36.1 Å². The number of fused-ring (bicyclic) bond motifs is 1. The van der Waals surface area contributed by atoms with Gasteiger partial charge >= 0.3 is 0 Å². The van der Waals surface area contributed by atoms with Gasteiger partial charge in [0.1, 0.15) is 5.75 Å². The molecule has 4 heteroatoms. The number of benzene rings is 2. The first kappa shape index (κ1) is 16.1. The Morgan fingerprint density at radius 3 is 2.67 bits per heavy atom. The maximum atomic E-state index is 12.7. The largest absolute Gasteiger partial charge is 0.481 e. The fourth-order valence-corrected chi connectivity index (χ4v) is 3.24. The minimum atomic E-state index is -0.573. The van der Waals surface area contributed by atoms with Gasteiger partial charge in [-0.3, -0.25) is 4.79 Å². The maximum Gasteiger partial charge on any atom is 0.263 e. The van der Waals surface area contributed by atoms with Crippen LogP contribution in [-0.2, 0) is 11.2 Å². The number of carbonyl (C=O) groups excluding carboxylic acids is 1.